The maximum Gasteiger partial charge on any atom is 0.293 e. The Kier molecular flexibility index (Phi) is 17.6. The van der Waals surface area contributed by atoms with E-state index in [1.165, 1.54) is 0 Å². The Morgan fingerprint density at radius 2 is 1.38 bits per heavy atom. The summed E-state index contributed by atoms with van der Waals surface area (Å²) in [7, 11) is 0. The molecule has 0 saturated carbocycles. The fourth-order valence-corrected chi connectivity index (χ4v) is 1.88. The highest BCUT2D eigenvalue weighted by atomic mass is 16.5. The Balaban J connectivity index is 3.84. The smallest absolute Gasteiger partial charge is 0.293 e. The van der Waals surface area contributed by atoms with Crippen LogP contribution in [0.2, 0.25) is 0 Å². The molecule has 0 unspecified atom stereocenters. The van der Waals surface area contributed by atoms with Crippen molar-refractivity contribution in [1.82, 2.24) is 0 Å². The standard InChI is InChI=1S/C22H32O4/c1-2-3-10-15-21(24)17-12-7-8-13-18-22(25)16-11-6-4-5-9-14-19-26-20-23/h3,5-13,17-18,20-22,24-25H,2,4,14-16,19H2,1H3/b8-7+,9-5-,10-3-,11-6-,17-12+,18-13+/t21-,22-/m0/s1. The van der Waals surface area contributed by atoms with Crippen molar-refractivity contribution in [2.45, 2.75) is 51.2 Å². The first-order valence-electron chi connectivity index (χ1n) is 9.08. The minimum absolute atomic E-state index is 0.408. The van der Waals surface area contributed by atoms with E-state index in [1.807, 2.05) is 48.6 Å². The summed E-state index contributed by atoms with van der Waals surface area (Å²) in [5.41, 5.74) is 0. The second-order valence-corrected chi connectivity index (χ2v) is 5.57. The van der Waals surface area contributed by atoms with Gasteiger partial charge in [-0.05, 0) is 32.1 Å². The molecule has 0 aliphatic heterocycles. The van der Waals surface area contributed by atoms with Crippen LogP contribution in [0.15, 0.2) is 72.9 Å². The first-order chi connectivity index (χ1) is 12.7. The molecule has 0 aromatic rings. The van der Waals surface area contributed by atoms with Crippen molar-refractivity contribution in [2.24, 2.45) is 0 Å². The number of ether oxygens (including phenoxy) is 1. The van der Waals surface area contributed by atoms with E-state index >= 15 is 0 Å². The van der Waals surface area contributed by atoms with E-state index in [0.717, 1.165) is 12.8 Å². The average Bonchev–Trinajstić information content (AvgIpc) is 2.63. The number of hydrogen-bond acceptors (Lipinski definition) is 4. The molecule has 0 aromatic heterocycles. The summed E-state index contributed by atoms with van der Waals surface area (Å²) in [6.07, 6.45) is 25.3. The summed E-state index contributed by atoms with van der Waals surface area (Å²) in [5.74, 6) is 0. The summed E-state index contributed by atoms with van der Waals surface area (Å²) >= 11 is 0. The quantitative estimate of drug-likeness (QED) is 0.199. The van der Waals surface area contributed by atoms with Crippen molar-refractivity contribution in [3.05, 3.63) is 72.9 Å². The number of aliphatic hydroxyl groups is 2. The van der Waals surface area contributed by atoms with Crippen LogP contribution in [0.5, 0.6) is 0 Å². The van der Waals surface area contributed by atoms with Gasteiger partial charge in [0.15, 0.2) is 0 Å². The third-order valence-electron chi connectivity index (χ3n) is 3.23. The van der Waals surface area contributed by atoms with Crippen molar-refractivity contribution < 1.29 is 19.7 Å². The number of allylic oxidation sites excluding steroid dienone is 7. The number of rotatable bonds is 15. The van der Waals surface area contributed by atoms with Gasteiger partial charge in [-0.15, -0.1) is 0 Å². The molecule has 0 fully saturated rings. The molecular formula is C22H32O4. The summed E-state index contributed by atoms with van der Waals surface area (Å²) < 4.78 is 4.57. The lowest BCUT2D eigenvalue weighted by Gasteiger charge is -1.99. The SMILES string of the molecule is CC/C=C\C[C@H](O)/C=C/C=C/C=C/[C@@H](O)C/C=C\C/C=C\CCOC=O. The summed E-state index contributed by atoms with van der Waals surface area (Å²) in [6, 6.07) is 0. The van der Waals surface area contributed by atoms with Crippen LogP contribution < -0.4 is 0 Å². The van der Waals surface area contributed by atoms with Crippen molar-refractivity contribution in [1.29, 1.82) is 0 Å². The van der Waals surface area contributed by atoms with Gasteiger partial charge in [0, 0.05) is 0 Å². The normalized spacial score (nSPS) is 15.3. The van der Waals surface area contributed by atoms with Crippen LogP contribution in [-0.2, 0) is 9.53 Å². The molecule has 0 saturated heterocycles. The highest BCUT2D eigenvalue weighted by molar-refractivity contribution is 5.36. The van der Waals surface area contributed by atoms with Gasteiger partial charge in [-0.3, -0.25) is 4.79 Å². The molecule has 4 nitrogen and oxygen atoms in total. The Hall–Kier alpha value is -2.17. The molecule has 0 amide bonds. The van der Waals surface area contributed by atoms with E-state index in [1.54, 1.807) is 24.3 Å². The Morgan fingerprint density at radius 3 is 1.96 bits per heavy atom. The molecule has 0 aliphatic rings. The summed E-state index contributed by atoms with van der Waals surface area (Å²) in [5, 5.41) is 19.5. The molecule has 0 heterocycles. The van der Waals surface area contributed by atoms with Gasteiger partial charge in [0.1, 0.15) is 0 Å². The lowest BCUT2D eigenvalue weighted by molar-refractivity contribution is -0.128. The predicted molar refractivity (Wildman–Crippen MR) is 108 cm³/mol. The molecule has 26 heavy (non-hydrogen) atoms. The fraction of sp³-hybridized carbons (Fsp3) is 0.409. The molecule has 144 valence electrons. The van der Waals surface area contributed by atoms with Gasteiger partial charge in [-0.1, -0.05) is 79.8 Å². The largest absolute Gasteiger partial charge is 0.468 e. The third kappa shape index (κ3) is 18.2. The third-order valence-corrected chi connectivity index (χ3v) is 3.23. The molecule has 0 bridgehead atoms. The molecule has 0 aromatic carbocycles. The highest BCUT2D eigenvalue weighted by Gasteiger charge is 1.93. The first kappa shape index (κ1) is 23.8. The molecular weight excluding hydrogens is 328 g/mol. The van der Waals surface area contributed by atoms with E-state index in [9.17, 15) is 15.0 Å². The van der Waals surface area contributed by atoms with Gasteiger partial charge in [0.05, 0.1) is 18.8 Å². The number of carbonyl (C=O) groups excluding carboxylic acids is 1. The van der Waals surface area contributed by atoms with Crippen molar-refractivity contribution in [2.75, 3.05) is 6.61 Å². The second-order valence-electron chi connectivity index (χ2n) is 5.57. The molecule has 0 rings (SSSR count). The Labute approximate surface area is 157 Å². The van der Waals surface area contributed by atoms with Crippen LogP contribution in [0.1, 0.15) is 39.0 Å². The zero-order valence-electron chi connectivity index (χ0n) is 15.6. The van der Waals surface area contributed by atoms with Crippen LogP contribution in [0, 0.1) is 0 Å². The fourth-order valence-electron chi connectivity index (χ4n) is 1.88. The van der Waals surface area contributed by atoms with Crippen molar-refractivity contribution in [3.8, 4) is 0 Å². The van der Waals surface area contributed by atoms with E-state index < -0.39 is 12.2 Å². The summed E-state index contributed by atoms with van der Waals surface area (Å²) in [4.78, 5) is 9.93. The maximum atomic E-state index is 9.93. The predicted octanol–water partition coefficient (Wildman–Crippen LogP) is 4.19. The summed E-state index contributed by atoms with van der Waals surface area (Å²) in [6.45, 7) is 2.92. The highest BCUT2D eigenvalue weighted by Crippen LogP contribution is 1.99. The minimum Gasteiger partial charge on any atom is -0.468 e. The van der Waals surface area contributed by atoms with Gasteiger partial charge >= 0.3 is 0 Å². The molecule has 0 aliphatic carbocycles. The molecule has 0 spiro atoms. The average molecular weight is 360 g/mol. The Bertz CT molecular complexity index is 498. The van der Waals surface area contributed by atoms with E-state index in [2.05, 4.69) is 11.7 Å². The lowest BCUT2D eigenvalue weighted by Crippen LogP contribution is -1.98. The molecule has 2 N–H and O–H groups in total. The van der Waals surface area contributed by atoms with Crippen molar-refractivity contribution in [3.63, 3.8) is 0 Å². The number of carbonyl (C=O) groups is 1. The number of hydrogen-bond donors (Lipinski definition) is 2. The molecule has 2 atom stereocenters. The second kappa shape index (κ2) is 19.2. The van der Waals surface area contributed by atoms with Crippen LogP contribution in [-0.4, -0.2) is 35.5 Å². The van der Waals surface area contributed by atoms with Crippen LogP contribution in [0.4, 0.5) is 0 Å². The van der Waals surface area contributed by atoms with Gasteiger partial charge in [-0.25, -0.2) is 0 Å². The van der Waals surface area contributed by atoms with E-state index in [0.29, 0.717) is 32.3 Å². The van der Waals surface area contributed by atoms with Crippen LogP contribution in [0.3, 0.4) is 0 Å². The zero-order chi connectivity index (χ0) is 19.3. The first-order valence-corrected chi connectivity index (χ1v) is 9.08. The van der Waals surface area contributed by atoms with Gasteiger partial charge < -0.3 is 14.9 Å². The van der Waals surface area contributed by atoms with Gasteiger partial charge in [0.2, 0.25) is 0 Å². The minimum atomic E-state index is -0.519. The lowest BCUT2D eigenvalue weighted by atomic mass is 10.2. The van der Waals surface area contributed by atoms with Crippen LogP contribution >= 0.6 is 0 Å². The molecule has 0 radical (unpaired) electrons. The molecule has 4 heteroatoms. The topological polar surface area (TPSA) is 66.8 Å². The van der Waals surface area contributed by atoms with Gasteiger partial charge in [0.25, 0.3) is 6.47 Å². The van der Waals surface area contributed by atoms with Crippen LogP contribution in [0.25, 0.3) is 0 Å². The van der Waals surface area contributed by atoms with Gasteiger partial charge in [-0.2, -0.15) is 0 Å². The van der Waals surface area contributed by atoms with Crippen molar-refractivity contribution >= 4 is 6.47 Å². The number of aliphatic hydroxyl groups excluding tert-OH is 2. The van der Waals surface area contributed by atoms with E-state index in [-0.39, 0.29) is 0 Å². The zero-order valence-corrected chi connectivity index (χ0v) is 15.6. The monoisotopic (exact) mass is 360 g/mol. The van der Waals surface area contributed by atoms with E-state index in [4.69, 9.17) is 0 Å². The Morgan fingerprint density at radius 1 is 0.808 bits per heavy atom. The maximum absolute atomic E-state index is 9.93.